The van der Waals surface area contributed by atoms with Crippen LogP contribution < -0.4 is 5.32 Å². The van der Waals surface area contributed by atoms with Gasteiger partial charge in [0.2, 0.25) is 5.91 Å². The fourth-order valence-electron chi connectivity index (χ4n) is 4.51. The van der Waals surface area contributed by atoms with Crippen LogP contribution in [0.15, 0.2) is 71.3 Å². The molecule has 1 amide bonds. The minimum atomic E-state index is 0.155. The van der Waals surface area contributed by atoms with E-state index in [1.54, 1.807) is 0 Å². The summed E-state index contributed by atoms with van der Waals surface area (Å²) in [6.07, 6.45) is 3.65. The van der Waals surface area contributed by atoms with Crippen LogP contribution in [0.2, 0.25) is 0 Å². The molecule has 170 valence electrons. The number of hydrogen-bond acceptors (Lipinski definition) is 4. The number of nitrogens with zero attached hydrogens (tertiary/aromatic N) is 3. The van der Waals surface area contributed by atoms with E-state index in [0.29, 0.717) is 19.0 Å². The van der Waals surface area contributed by atoms with Gasteiger partial charge in [0, 0.05) is 48.7 Å². The lowest BCUT2D eigenvalue weighted by Crippen LogP contribution is -2.41. The average Bonchev–Trinajstić information content (AvgIpc) is 3.52. The van der Waals surface area contributed by atoms with Crippen molar-refractivity contribution < 1.29 is 9.21 Å². The smallest absolute Gasteiger partial charge is 0.220 e. The topological polar surface area (TPSA) is 63.3 Å². The lowest BCUT2D eigenvalue weighted by atomic mass is 10.1. The first-order valence-corrected chi connectivity index (χ1v) is 11.7. The van der Waals surface area contributed by atoms with E-state index in [1.165, 1.54) is 5.56 Å². The van der Waals surface area contributed by atoms with Gasteiger partial charge in [-0.2, -0.15) is 5.10 Å². The van der Waals surface area contributed by atoms with Gasteiger partial charge in [0.05, 0.1) is 6.54 Å². The lowest BCUT2D eigenvalue weighted by Gasteiger charge is -2.29. The molecule has 2 aromatic heterocycles. The van der Waals surface area contributed by atoms with Gasteiger partial charge >= 0.3 is 0 Å². The minimum absolute atomic E-state index is 0.155. The average molecular weight is 443 g/mol. The van der Waals surface area contributed by atoms with Crippen molar-refractivity contribution in [3.63, 3.8) is 0 Å². The Morgan fingerprint density at radius 3 is 2.67 bits per heavy atom. The molecule has 6 heteroatoms. The molecule has 1 aliphatic rings. The normalized spacial score (nSPS) is 16.2. The van der Waals surface area contributed by atoms with Crippen LogP contribution in [0.1, 0.15) is 37.8 Å². The number of nitrogens with one attached hydrogen (secondary N) is 1. The molecular formula is C27H30N4O2. The molecule has 0 saturated carbocycles. The number of hydrogen-bond donors (Lipinski definition) is 1. The number of carbonyl (C=O) groups excluding carboxylic acids is 1. The predicted molar refractivity (Wildman–Crippen MR) is 130 cm³/mol. The van der Waals surface area contributed by atoms with Crippen LogP contribution in [0.3, 0.4) is 0 Å². The van der Waals surface area contributed by atoms with Crippen LogP contribution >= 0.6 is 0 Å². The zero-order valence-corrected chi connectivity index (χ0v) is 19.2. The van der Waals surface area contributed by atoms with Gasteiger partial charge in [0.15, 0.2) is 5.76 Å². The fourth-order valence-corrected chi connectivity index (χ4v) is 4.51. The molecule has 1 unspecified atom stereocenters. The second kappa shape index (κ2) is 9.24. The SMILES string of the molecule is CC(C)N(Cc1cn(Cc2ccccc2)nc1-c1cc2ccccc2o1)CC1CCC(=O)N1. The van der Waals surface area contributed by atoms with Gasteiger partial charge in [-0.3, -0.25) is 14.4 Å². The summed E-state index contributed by atoms with van der Waals surface area (Å²) in [6.45, 7) is 6.67. The van der Waals surface area contributed by atoms with Crippen LogP contribution in [0.4, 0.5) is 0 Å². The highest BCUT2D eigenvalue weighted by Gasteiger charge is 2.26. The first-order chi connectivity index (χ1) is 16.0. The van der Waals surface area contributed by atoms with E-state index in [2.05, 4.69) is 66.7 Å². The molecule has 4 aromatic rings. The Labute approximate surface area is 194 Å². The highest BCUT2D eigenvalue weighted by Crippen LogP contribution is 2.30. The third kappa shape index (κ3) is 4.86. The van der Waals surface area contributed by atoms with Gasteiger partial charge in [0.25, 0.3) is 0 Å². The van der Waals surface area contributed by atoms with Crippen LogP contribution in [0.25, 0.3) is 22.4 Å². The van der Waals surface area contributed by atoms with E-state index in [4.69, 9.17) is 9.52 Å². The number of para-hydroxylation sites is 1. The third-order valence-electron chi connectivity index (χ3n) is 6.33. The molecule has 1 aliphatic heterocycles. The van der Waals surface area contributed by atoms with Crippen molar-refractivity contribution in [3.8, 4) is 11.5 Å². The summed E-state index contributed by atoms with van der Waals surface area (Å²) in [5.41, 5.74) is 4.08. The monoisotopic (exact) mass is 442 g/mol. The molecule has 33 heavy (non-hydrogen) atoms. The first kappa shape index (κ1) is 21.5. The summed E-state index contributed by atoms with van der Waals surface area (Å²) in [5.74, 6) is 0.943. The standard InChI is InChI=1S/C27H30N4O2/c1-19(2)30(18-23-12-13-26(32)28-23)16-22-17-31(15-20-8-4-3-5-9-20)29-27(22)25-14-21-10-6-7-11-24(21)33-25/h3-11,14,17,19,23H,12-13,15-16,18H2,1-2H3,(H,28,32). The maximum Gasteiger partial charge on any atom is 0.220 e. The fraction of sp³-hybridized carbons (Fsp3) is 0.333. The molecule has 0 spiro atoms. The Kier molecular flexibility index (Phi) is 6.01. The van der Waals surface area contributed by atoms with E-state index in [-0.39, 0.29) is 11.9 Å². The minimum Gasteiger partial charge on any atom is -0.454 e. The van der Waals surface area contributed by atoms with Crippen molar-refractivity contribution in [1.82, 2.24) is 20.0 Å². The van der Waals surface area contributed by atoms with Crippen molar-refractivity contribution >= 4 is 16.9 Å². The van der Waals surface area contributed by atoms with E-state index in [9.17, 15) is 4.79 Å². The zero-order chi connectivity index (χ0) is 22.8. The number of rotatable bonds is 8. The van der Waals surface area contributed by atoms with E-state index in [1.807, 2.05) is 28.9 Å². The second-order valence-electron chi connectivity index (χ2n) is 9.16. The van der Waals surface area contributed by atoms with Crippen molar-refractivity contribution in [2.45, 2.75) is 51.9 Å². The first-order valence-electron chi connectivity index (χ1n) is 11.7. The van der Waals surface area contributed by atoms with Gasteiger partial charge in [-0.05, 0) is 38.0 Å². The summed E-state index contributed by atoms with van der Waals surface area (Å²) >= 11 is 0. The number of furan rings is 1. The molecule has 0 aliphatic carbocycles. The van der Waals surface area contributed by atoms with Crippen LogP contribution in [0.5, 0.6) is 0 Å². The largest absolute Gasteiger partial charge is 0.454 e. The molecule has 5 rings (SSSR count). The van der Waals surface area contributed by atoms with Crippen molar-refractivity contribution in [2.75, 3.05) is 6.54 Å². The van der Waals surface area contributed by atoms with Crippen LogP contribution in [-0.4, -0.2) is 39.2 Å². The Balaban J connectivity index is 1.47. The van der Waals surface area contributed by atoms with Crippen molar-refractivity contribution in [1.29, 1.82) is 0 Å². The number of benzene rings is 2. The lowest BCUT2D eigenvalue weighted by molar-refractivity contribution is -0.119. The molecule has 0 radical (unpaired) electrons. The quantitative estimate of drug-likeness (QED) is 0.424. The molecule has 1 fully saturated rings. The molecule has 2 aromatic carbocycles. The highest BCUT2D eigenvalue weighted by atomic mass is 16.3. The zero-order valence-electron chi connectivity index (χ0n) is 19.2. The summed E-state index contributed by atoms with van der Waals surface area (Å²) in [7, 11) is 0. The molecule has 6 nitrogen and oxygen atoms in total. The molecule has 0 bridgehead atoms. The molecule has 3 heterocycles. The van der Waals surface area contributed by atoms with Crippen LogP contribution in [0, 0.1) is 0 Å². The molecule has 1 saturated heterocycles. The number of fused-ring (bicyclic) bond motifs is 1. The van der Waals surface area contributed by atoms with Crippen molar-refractivity contribution in [3.05, 3.63) is 78.0 Å². The second-order valence-corrected chi connectivity index (χ2v) is 9.16. The van der Waals surface area contributed by atoms with Gasteiger partial charge in [-0.25, -0.2) is 0 Å². The Bertz CT molecular complexity index is 1210. The summed E-state index contributed by atoms with van der Waals surface area (Å²) in [4.78, 5) is 14.1. The van der Waals surface area contributed by atoms with Gasteiger partial charge in [-0.1, -0.05) is 48.5 Å². The van der Waals surface area contributed by atoms with Gasteiger partial charge < -0.3 is 9.73 Å². The van der Waals surface area contributed by atoms with Crippen molar-refractivity contribution in [2.24, 2.45) is 0 Å². The van der Waals surface area contributed by atoms with E-state index in [0.717, 1.165) is 47.5 Å². The van der Waals surface area contributed by atoms with Gasteiger partial charge in [0.1, 0.15) is 11.3 Å². The summed E-state index contributed by atoms with van der Waals surface area (Å²) in [5, 5.41) is 9.14. The molecule has 1 atom stereocenters. The number of amides is 1. The summed E-state index contributed by atoms with van der Waals surface area (Å²) < 4.78 is 8.20. The number of aromatic nitrogens is 2. The molecular weight excluding hydrogens is 412 g/mol. The van der Waals surface area contributed by atoms with E-state index >= 15 is 0 Å². The van der Waals surface area contributed by atoms with E-state index < -0.39 is 0 Å². The maximum atomic E-state index is 11.7. The van der Waals surface area contributed by atoms with Gasteiger partial charge in [-0.15, -0.1) is 0 Å². The predicted octanol–water partition coefficient (Wildman–Crippen LogP) is 4.83. The third-order valence-corrected chi connectivity index (χ3v) is 6.33. The van der Waals surface area contributed by atoms with Crippen LogP contribution in [-0.2, 0) is 17.9 Å². The Morgan fingerprint density at radius 2 is 1.94 bits per heavy atom. The number of carbonyl (C=O) groups is 1. The Hall–Kier alpha value is -3.38. The Morgan fingerprint density at radius 1 is 1.15 bits per heavy atom. The summed E-state index contributed by atoms with van der Waals surface area (Å²) in [6, 6.07) is 21.0. The maximum absolute atomic E-state index is 11.7. The highest BCUT2D eigenvalue weighted by molar-refractivity contribution is 5.82. The molecule has 1 N–H and O–H groups in total.